The predicted octanol–water partition coefficient (Wildman–Crippen LogP) is 8.09. The summed E-state index contributed by atoms with van der Waals surface area (Å²) in [6.07, 6.45) is 1.43. The molecule has 0 saturated heterocycles. The number of rotatable bonds is 6. The Balaban J connectivity index is 1.46. The normalized spacial score (nSPS) is 11.3. The summed E-state index contributed by atoms with van der Waals surface area (Å²) in [6.45, 7) is 0. The van der Waals surface area contributed by atoms with E-state index >= 15 is 0 Å². The van der Waals surface area contributed by atoms with E-state index in [9.17, 15) is 4.79 Å². The molecule has 0 aliphatic rings. The van der Waals surface area contributed by atoms with E-state index in [1.807, 2.05) is 42.5 Å². The highest BCUT2D eigenvalue weighted by Crippen LogP contribution is 2.40. The fraction of sp³-hybridized carbons (Fsp3) is 0. The van der Waals surface area contributed by atoms with Gasteiger partial charge in [0.05, 0.1) is 0 Å². The quantitative estimate of drug-likeness (QED) is 0.198. The molecule has 0 fully saturated rings. The monoisotopic (exact) mass is 478 g/mol. The number of hydrogen-bond donors (Lipinski definition) is 1. The van der Waals surface area contributed by atoms with Crippen molar-refractivity contribution in [3.8, 4) is 16.5 Å². The highest BCUT2D eigenvalue weighted by atomic mass is 32.1. The molecule has 0 aliphatic heterocycles. The second kappa shape index (κ2) is 9.36. The Labute approximate surface area is 204 Å². The molecule has 5 aromatic rings. The highest BCUT2D eigenvalue weighted by molar-refractivity contribution is 7.29. The van der Waals surface area contributed by atoms with Gasteiger partial charge in [-0.25, -0.2) is 4.79 Å². The molecule has 0 spiro atoms. The van der Waals surface area contributed by atoms with Crippen molar-refractivity contribution in [3.05, 3.63) is 108 Å². The van der Waals surface area contributed by atoms with Crippen LogP contribution in [-0.2, 0) is 4.79 Å². The highest BCUT2D eigenvalue weighted by Gasteiger charge is 2.14. The average molecular weight is 479 g/mol. The molecule has 0 bridgehead atoms. The number of anilines is 3. The maximum absolute atomic E-state index is 11.1. The van der Waals surface area contributed by atoms with Crippen LogP contribution in [0.15, 0.2) is 103 Å². The zero-order chi connectivity index (χ0) is 23.5. The molecule has 0 unspecified atom stereocenters. The molecule has 0 amide bonds. The van der Waals surface area contributed by atoms with E-state index in [1.54, 1.807) is 17.4 Å². The number of hydrogen-bond acceptors (Lipinski definition) is 5. The summed E-state index contributed by atoms with van der Waals surface area (Å²) in [5, 5.41) is 18.1. The summed E-state index contributed by atoms with van der Waals surface area (Å²) in [4.78, 5) is 15.2. The molecule has 164 valence electrons. The maximum atomic E-state index is 11.1. The topological polar surface area (TPSA) is 64.3 Å². The van der Waals surface area contributed by atoms with Gasteiger partial charge < -0.3 is 10.0 Å². The van der Waals surface area contributed by atoms with Crippen LogP contribution in [0, 0.1) is 11.3 Å². The van der Waals surface area contributed by atoms with Crippen molar-refractivity contribution < 1.29 is 9.90 Å². The third-order valence-corrected chi connectivity index (χ3v) is 7.59. The Hall–Kier alpha value is -4.18. The Bertz CT molecular complexity index is 1460. The van der Waals surface area contributed by atoms with Gasteiger partial charge >= 0.3 is 5.97 Å². The summed E-state index contributed by atoms with van der Waals surface area (Å²) in [7, 11) is 0. The van der Waals surface area contributed by atoms with Crippen LogP contribution in [0.5, 0.6) is 0 Å². The zero-order valence-corrected chi connectivity index (χ0v) is 19.5. The summed E-state index contributed by atoms with van der Waals surface area (Å²) < 4.78 is 2.15. The minimum Gasteiger partial charge on any atom is -0.477 e. The summed E-state index contributed by atoms with van der Waals surface area (Å²) >= 11 is 3.15. The van der Waals surface area contributed by atoms with Crippen molar-refractivity contribution in [2.24, 2.45) is 0 Å². The van der Waals surface area contributed by atoms with Gasteiger partial charge in [-0.1, -0.05) is 48.5 Å². The van der Waals surface area contributed by atoms with E-state index in [4.69, 9.17) is 10.4 Å². The molecule has 3 aromatic carbocycles. The average Bonchev–Trinajstić information content (AvgIpc) is 3.43. The van der Waals surface area contributed by atoms with Crippen LogP contribution >= 0.6 is 22.7 Å². The Morgan fingerprint density at radius 2 is 1.35 bits per heavy atom. The third kappa shape index (κ3) is 4.35. The first kappa shape index (κ1) is 21.7. The summed E-state index contributed by atoms with van der Waals surface area (Å²) in [6, 6.07) is 34.9. The SMILES string of the molecule is N#CC(=Cc1cc2sc(-c3ccc(N(c4ccccc4)c4ccccc4)cc3)cc2s1)C(=O)O. The minimum atomic E-state index is -1.21. The van der Waals surface area contributed by atoms with Crippen LogP contribution in [0.4, 0.5) is 17.1 Å². The van der Waals surface area contributed by atoms with E-state index in [1.165, 1.54) is 17.4 Å². The van der Waals surface area contributed by atoms with E-state index in [-0.39, 0.29) is 5.57 Å². The molecule has 6 heteroatoms. The van der Waals surface area contributed by atoms with Gasteiger partial charge in [0, 0.05) is 36.2 Å². The lowest BCUT2D eigenvalue weighted by Crippen LogP contribution is -2.09. The number of carbonyl (C=O) groups is 1. The van der Waals surface area contributed by atoms with Crippen LogP contribution in [-0.4, -0.2) is 11.1 Å². The summed E-state index contributed by atoms with van der Waals surface area (Å²) in [5.41, 5.74) is 4.13. The predicted molar refractivity (Wildman–Crippen MR) is 141 cm³/mol. The van der Waals surface area contributed by atoms with Crippen LogP contribution in [0.1, 0.15) is 4.88 Å². The number of aliphatic carboxylic acids is 1. The van der Waals surface area contributed by atoms with Crippen molar-refractivity contribution in [1.82, 2.24) is 0 Å². The molecule has 2 heterocycles. The number of benzene rings is 3. The van der Waals surface area contributed by atoms with E-state index in [2.05, 4.69) is 59.5 Å². The van der Waals surface area contributed by atoms with E-state index in [0.29, 0.717) is 0 Å². The molecular formula is C28H18N2O2S2. The van der Waals surface area contributed by atoms with E-state index in [0.717, 1.165) is 41.8 Å². The van der Waals surface area contributed by atoms with Gasteiger partial charge in [0.15, 0.2) is 0 Å². The van der Waals surface area contributed by atoms with Crippen LogP contribution < -0.4 is 4.90 Å². The van der Waals surface area contributed by atoms with Crippen LogP contribution in [0.25, 0.3) is 25.9 Å². The summed E-state index contributed by atoms with van der Waals surface area (Å²) in [5.74, 6) is -1.21. The van der Waals surface area contributed by atoms with Gasteiger partial charge in [-0.15, -0.1) is 22.7 Å². The molecule has 5 rings (SSSR count). The molecule has 1 N–H and O–H groups in total. The number of fused-ring (bicyclic) bond motifs is 1. The third-order valence-electron chi connectivity index (χ3n) is 5.30. The fourth-order valence-electron chi connectivity index (χ4n) is 3.73. The van der Waals surface area contributed by atoms with E-state index < -0.39 is 5.97 Å². The number of nitrogens with zero attached hydrogens (tertiary/aromatic N) is 2. The van der Waals surface area contributed by atoms with Gasteiger partial charge in [0.2, 0.25) is 0 Å². The first-order valence-electron chi connectivity index (χ1n) is 10.5. The number of carboxylic acids is 1. The molecular weight excluding hydrogens is 460 g/mol. The smallest absolute Gasteiger partial charge is 0.346 e. The lowest BCUT2D eigenvalue weighted by molar-refractivity contribution is -0.132. The molecule has 4 nitrogen and oxygen atoms in total. The number of nitriles is 1. The molecule has 0 saturated carbocycles. The van der Waals surface area contributed by atoms with Gasteiger partial charge in [0.1, 0.15) is 11.6 Å². The van der Waals surface area contributed by atoms with Crippen LogP contribution in [0.2, 0.25) is 0 Å². The Morgan fingerprint density at radius 1 is 0.794 bits per heavy atom. The standard InChI is InChI=1S/C28H18N2O2S2/c29-18-20(28(31)32)15-24-16-26-27(33-24)17-25(34-26)19-11-13-23(14-12-19)30(21-7-3-1-4-8-21)22-9-5-2-6-10-22/h1-17H,(H,31,32). The Morgan fingerprint density at radius 3 is 1.88 bits per heavy atom. The molecule has 34 heavy (non-hydrogen) atoms. The largest absolute Gasteiger partial charge is 0.477 e. The molecule has 0 aliphatic carbocycles. The maximum Gasteiger partial charge on any atom is 0.346 e. The van der Waals surface area contributed by atoms with Gasteiger partial charge in [-0.2, -0.15) is 5.26 Å². The van der Waals surface area contributed by atoms with Crippen molar-refractivity contribution in [2.45, 2.75) is 0 Å². The van der Waals surface area contributed by atoms with Gasteiger partial charge in [-0.3, -0.25) is 0 Å². The van der Waals surface area contributed by atoms with Gasteiger partial charge in [0.25, 0.3) is 0 Å². The zero-order valence-electron chi connectivity index (χ0n) is 17.9. The van der Waals surface area contributed by atoms with Crippen LogP contribution in [0.3, 0.4) is 0 Å². The lowest BCUT2D eigenvalue weighted by Gasteiger charge is -2.25. The van der Waals surface area contributed by atoms with Crippen molar-refractivity contribution >= 4 is 61.2 Å². The minimum absolute atomic E-state index is 0.258. The second-order valence-corrected chi connectivity index (χ2v) is 9.72. The van der Waals surface area contributed by atoms with Gasteiger partial charge in [-0.05, 0) is 60.2 Å². The first-order chi connectivity index (χ1) is 16.6. The first-order valence-corrected chi connectivity index (χ1v) is 12.1. The lowest BCUT2D eigenvalue weighted by atomic mass is 10.1. The van der Waals surface area contributed by atoms with Crippen molar-refractivity contribution in [2.75, 3.05) is 4.90 Å². The molecule has 2 aromatic heterocycles. The number of para-hydroxylation sites is 2. The fourth-order valence-corrected chi connectivity index (χ4v) is 6.08. The number of carboxylic acid groups (broad SMARTS) is 1. The molecule has 0 radical (unpaired) electrons. The number of thiophene rings is 2. The Kier molecular flexibility index (Phi) is 5.96. The second-order valence-electron chi connectivity index (χ2n) is 7.52. The molecule has 0 atom stereocenters. The van der Waals surface area contributed by atoms with Crippen molar-refractivity contribution in [3.63, 3.8) is 0 Å². The van der Waals surface area contributed by atoms with Crippen molar-refractivity contribution in [1.29, 1.82) is 5.26 Å².